The lowest BCUT2D eigenvalue weighted by Crippen LogP contribution is -2.41. The molecule has 3 nitrogen and oxygen atoms in total. The summed E-state index contributed by atoms with van der Waals surface area (Å²) in [4.78, 5) is 2.47. The minimum atomic E-state index is 0.677. The molecule has 106 valence electrons. The third-order valence-electron chi connectivity index (χ3n) is 4.29. The van der Waals surface area contributed by atoms with Gasteiger partial charge in [-0.3, -0.25) is 4.90 Å². The van der Waals surface area contributed by atoms with E-state index in [0.717, 1.165) is 12.3 Å². The van der Waals surface area contributed by atoms with Crippen molar-refractivity contribution in [2.75, 3.05) is 21.2 Å². The van der Waals surface area contributed by atoms with Gasteiger partial charge in [0.15, 0.2) is 0 Å². The van der Waals surface area contributed by atoms with Crippen LogP contribution in [0.15, 0.2) is 24.3 Å². The van der Waals surface area contributed by atoms with Crippen molar-refractivity contribution < 1.29 is 4.74 Å². The molecule has 0 aliphatic heterocycles. The molecule has 0 bridgehead atoms. The van der Waals surface area contributed by atoms with Crippen LogP contribution in [0.2, 0.25) is 0 Å². The van der Waals surface area contributed by atoms with Gasteiger partial charge in [-0.2, -0.15) is 0 Å². The summed E-state index contributed by atoms with van der Waals surface area (Å²) in [5.41, 5.74) is 1.28. The Hall–Kier alpha value is -1.06. The van der Waals surface area contributed by atoms with E-state index in [1.807, 2.05) is 12.1 Å². The summed E-state index contributed by atoms with van der Waals surface area (Å²) >= 11 is 0. The van der Waals surface area contributed by atoms with Crippen molar-refractivity contribution in [1.82, 2.24) is 10.2 Å². The number of ether oxygens (including phenoxy) is 1. The van der Waals surface area contributed by atoms with Gasteiger partial charge in [0.2, 0.25) is 0 Å². The van der Waals surface area contributed by atoms with Crippen LogP contribution < -0.4 is 10.1 Å². The summed E-state index contributed by atoms with van der Waals surface area (Å²) in [5, 5.41) is 3.42. The van der Waals surface area contributed by atoms with Crippen molar-refractivity contribution in [2.45, 2.75) is 44.3 Å². The molecule has 0 radical (unpaired) electrons. The monoisotopic (exact) mass is 262 g/mol. The van der Waals surface area contributed by atoms with Gasteiger partial charge in [-0.1, -0.05) is 24.6 Å². The maximum Gasteiger partial charge on any atom is 0.123 e. The molecule has 0 aromatic heterocycles. The molecular weight excluding hydrogens is 236 g/mol. The van der Waals surface area contributed by atoms with Crippen LogP contribution in [-0.4, -0.2) is 38.2 Å². The van der Waals surface area contributed by atoms with Crippen molar-refractivity contribution in [3.8, 4) is 5.75 Å². The van der Waals surface area contributed by atoms with Crippen LogP contribution in [0.1, 0.15) is 31.2 Å². The largest absolute Gasteiger partial charge is 0.496 e. The highest BCUT2D eigenvalue weighted by Crippen LogP contribution is 2.25. The van der Waals surface area contributed by atoms with Crippen LogP contribution in [0.25, 0.3) is 0 Å². The SMILES string of the molecule is CNC1CCCC(N(C)Cc2ccccc2OC)C1. The highest BCUT2D eigenvalue weighted by Gasteiger charge is 2.24. The number of hydrogen-bond acceptors (Lipinski definition) is 3. The smallest absolute Gasteiger partial charge is 0.123 e. The lowest BCUT2D eigenvalue weighted by molar-refractivity contribution is 0.164. The number of methoxy groups -OCH3 is 1. The second kappa shape index (κ2) is 6.92. The molecule has 0 saturated heterocycles. The molecule has 2 atom stereocenters. The Labute approximate surface area is 116 Å². The zero-order valence-corrected chi connectivity index (χ0v) is 12.4. The quantitative estimate of drug-likeness (QED) is 0.883. The third-order valence-corrected chi connectivity index (χ3v) is 4.29. The standard InChI is InChI=1S/C16H26N2O/c1-17-14-8-6-9-15(11-14)18(2)12-13-7-4-5-10-16(13)19-3/h4-5,7,10,14-15,17H,6,8-9,11-12H2,1-3H3. The summed E-state index contributed by atoms with van der Waals surface area (Å²) in [6.07, 6.45) is 5.20. The molecule has 1 saturated carbocycles. The minimum Gasteiger partial charge on any atom is -0.496 e. The Morgan fingerprint density at radius 1 is 1.32 bits per heavy atom. The molecule has 19 heavy (non-hydrogen) atoms. The van der Waals surface area contributed by atoms with Crippen LogP contribution >= 0.6 is 0 Å². The maximum absolute atomic E-state index is 5.44. The minimum absolute atomic E-state index is 0.677. The van der Waals surface area contributed by atoms with Crippen molar-refractivity contribution in [1.29, 1.82) is 0 Å². The number of para-hydroxylation sites is 1. The third kappa shape index (κ3) is 3.71. The van der Waals surface area contributed by atoms with E-state index in [0.29, 0.717) is 12.1 Å². The second-order valence-corrected chi connectivity index (χ2v) is 5.53. The van der Waals surface area contributed by atoms with Gasteiger partial charge in [0.05, 0.1) is 7.11 Å². The average Bonchev–Trinajstić information content (AvgIpc) is 2.47. The zero-order chi connectivity index (χ0) is 13.7. The first-order chi connectivity index (χ1) is 9.24. The van der Waals surface area contributed by atoms with E-state index in [9.17, 15) is 0 Å². The van der Waals surface area contributed by atoms with Gasteiger partial charge in [0.1, 0.15) is 5.75 Å². The Morgan fingerprint density at radius 2 is 2.11 bits per heavy atom. The zero-order valence-electron chi connectivity index (χ0n) is 12.4. The van der Waals surface area contributed by atoms with Crippen LogP contribution in [0, 0.1) is 0 Å². The van der Waals surface area contributed by atoms with Crippen LogP contribution in [-0.2, 0) is 6.54 Å². The maximum atomic E-state index is 5.44. The Balaban J connectivity index is 1.98. The number of hydrogen-bond donors (Lipinski definition) is 1. The molecule has 1 fully saturated rings. The predicted octanol–water partition coefficient (Wildman–Crippen LogP) is 2.66. The predicted molar refractivity (Wildman–Crippen MR) is 79.6 cm³/mol. The van der Waals surface area contributed by atoms with E-state index in [1.54, 1.807) is 7.11 Å². The molecule has 2 unspecified atom stereocenters. The van der Waals surface area contributed by atoms with Gasteiger partial charge in [-0.05, 0) is 39.4 Å². The molecule has 1 aliphatic rings. The van der Waals surface area contributed by atoms with Gasteiger partial charge >= 0.3 is 0 Å². The van der Waals surface area contributed by atoms with Crippen LogP contribution in [0.3, 0.4) is 0 Å². The Bertz CT molecular complexity index is 394. The van der Waals surface area contributed by atoms with E-state index >= 15 is 0 Å². The lowest BCUT2D eigenvalue weighted by Gasteiger charge is -2.35. The van der Waals surface area contributed by atoms with E-state index in [2.05, 4.69) is 36.4 Å². The van der Waals surface area contributed by atoms with E-state index in [-0.39, 0.29) is 0 Å². The molecule has 3 heteroatoms. The summed E-state index contributed by atoms with van der Waals surface area (Å²) in [7, 11) is 6.05. The van der Waals surface area contributed by atoms with Crippen molar-refractivity contribution in [2.24, 2.45) is 0 Å². The van der Waals surface area contributed by atoms with Gasteiger partial charge in [-0.15, -0.1) is 0 Å². The first kappa shape index (κ1) is 14.4. The highest BCUT2D eigenvalue weighted by molar-refractivity contribution is 5.33. The molecule has 0 spiro atoms. The second-order valence-electron chi connectivity index (χ2n) is 5.53. The van der Waals surface area contributed by atoms with Gasteiger partial charge < -0.3 is 10.1 Å². The molecule has 2 rings (SSSR count). The molecular formula is C16H26N2O. The summed E-state index contributed by atoms with van der Waals surface area (Å²) in [6.45, 7) is 0.963. The van der Waals surface area contributed by atoms with Crippen molar-refractivity contribution in [3.63, 3.8) is 0 Å². The highest BCUT2D eigenvalue weighted by atomic mass is 16.5. The first-order valence-electron chi connectivity index (χ1n) is 7.24. The summed E-state index contributed by atoms with van der Waals surface area (Å²) in [6, 6.07) is 9.67. The number of rotatable bonds is 5. The number of nitrogens with one attached hydrogen (secondary N) is 1. The Kier molecular flexibility index (Phi) is 5.23. The summed E-state index contributed by atoms with van der Waals surface area (Å²) in [5.74, 6) is 0.996. The molecule has 1 aliphatic carbocycles. The number of benzene rings is 1. The van der Waals surface area contributed by atoms with Crippen molar-refractivity contribution in [3.05, 3.63) is 29.8 Å². The molecule has 1 N–H and O–H groups in total. The fraction of sp³-hybridized carbons (Fsp3) is 0.625. The fourth-order valence-electron chi connectivity index (χ4n) is 3.06. The first-order valence-corrected chi connectivity index (χ1v) is 7.24. The Morgan fingerprint density at radius 3 is 2.84 bits per heavy atom. The molecule has 1 aromatic rings. The molecule has 0 amide bonds. The topological polar surface area (TPSA) is 24.5 Å². The van der Waals surface area contributed by atoms with Gasteiger partial charge in [0.25, 0.3) is 0 Å². The van der Waals surface area contributed by atoms with E-state index in [4.69, 9.17) is 4.74 Å². The number of nitrogens with zero attached hydrogens (tertiary/aromatic N) is 1. The average molecular weight is 262 g/mol. The van der Waals surface area contributed by atoms with Gasteiger partial charge in [-0.25, -0.2) is 0 Å². The van der Waals surface area contributed by atoms with Crippen LogP contribution in [0.4, 0.5) is 0 Å². The van der Waals surface area contributed by atoms with Gasteiger partial charge in [0, 0.05) is 24.2 Å². The van der Waals surface area contributed by atoms with Crippen LogP contribution in [0.5, 0.6) is 5.75 Å². The molecule has 0 heterocycles. The normalized spacial score (nSPS) is 23.6. The van der Waals surface area contributed by atoms with E-state index in [1.165, 1.54) is 31.2 Å². The van der Waals surface area contributed by atoms with Crippen molar-refractivity contribution >= 4 is 0 Å². The summed E-state index contributed by atoms with van der Waals surface area (Å²) < 4.78 is 5.44. The molecule has 1 aromatic carbocycles. The lowest BCUT2D eigenvalue weighted by atomic mass is 9.90. The fourth-order valence-corrected chi connectivity index (χ4v) is 3.06. The van der Waals surface area contributed by atoms with E-state index < -0.39 is 0 Å².